The molecule has 1 aromatic heterocycles. The lowest BCUT2D eigenvalue weighted by Gasteiger charge is -2.07. The molecule has 1 heterocycles. The Morgan fingerprint density at radius 2 is 2.50 bits per heavy atom. The summed E-state index contributed by atoms with van der Waals surface area (Å²) in [5, 5.41) is 7.29. The smallest absolute Gasteiger partial charge is 0.157 e. The second-order valence-electron chi connectivity index (χ2n) is 2.19. The highest BCUT2D eigenvalue weighted by Crippen LogP contribution is 2.16. The fraction of sp³-hybridized carbons (Fsp3) is 0.250. The van der Waals surface area contributed by atoms with Crippen LogP contribution in [-0.4, -0.2) is 16.8 Å². The topological polar surface area (TPSA) is 61.0 Å². The minimum Gasteiger partial charge on any atom is -0.494 e. The second kappa shape index (κ2) is 3.71. The van der Waals surface area contributed by atoms with Crippen LogP contribution in [0.2, 0.25) is 0 Å². The largest absolute Gasteiger partial charge is 0.494 e. The van der Waals surface area contributed by atoms with Gasteiger partial charge in [-0.15, -0.1) is 5.10 Å². The molecule has 0 aliphatic heterocycles. The van der Waals surface area contributed by atoms with Crippen LogP contribution in [0.25, 0.3) is 5.76 Å². The normalized spacial score (nSPS) is 9.42. The Morgan fingerprint density at radius 1 is 1.75 bits per heavy atom. The lowest BCUT2D eigenvalue weighted by Crippen LogP contribution is -1.99. The van der Waals surface area contributed by atoms with E-state index in [4.69, 9.17) is 10.5 Å². The number of nitrogens with zero attached hydrogens (tertiary/aromatic N) is 2. The maximum atomic E-state index is 5.54. The van der Waals surface area contributed by atoms with Crippen LogP contribution in [-0.2, 0) is 4.74 Å². The Hall–Kier alpha value is -1.58. The highest BCUT2D eigenvalue weighted by atomic mass is 16.5. The lowest BCUT2D eigenvalue weighted by atomic mass is 10.2. The molecule has 0 radical (unpaired) electrons. The van der Waals surface area contributed by atoms with Gasteiger partial charge >= 0.3 is 0 Å². The summed E-state index contributed by atoms with van der Waals surface area (Å²) >= 11 is 0. The molecule has 0 spiro atoms. The van der Waals surface area contributed by atoms with Crippen molar-refractivity contribution in [2.75, 3.05) is 12.3 Å². The van der Waals surface area contributed by atoms with Crippen molar-refractivity contribution >= 4 is 11.6 Å². The zero-order valence-electron chi connectivity index (χ0n) is 6.95. The summed E-state index contributed by atoms with van der Waals surface area (Å²) in [5.41, 5.74) is 6.24. The predicted octanol–water partition coefficient (Wildman–Crippen LogP) is 1.07. The number of aromatic nitrogens is 2. The van der Waals surface area contributed by atoms with E-state index in [0.717, 1.165) is 0 Å². The van der Waals surface area contributed by atoms with Gasteiger partial charge in [-0.25, -0.2) is 0 Å². The van der Waals surface area contributed by atoms with Crippen molar-refractivity contribution in [2.24, 2.45) is 0 Å². The van der Waals surface area contributed by atoms with Gasteiger partial charge in [-0.05, 0) is 13.0 Å². The summed E-state index contributed by atoms with van der Waals surface area (Å²) in [5.74, 6) is 0.876. The van der Waals surface area contributed by atoms with Crippen molar-refractivity contribution in [3.05, 3.63) is 24.4 Å². The van der Waals surface area contributed by atoms with Crippen LogP contribution in [0.15, 0.2) is 18.8 Å². The molecule has 0 fully saturated rings. The van der Waals surface area contributed by atoms with Gasteiger partial charge in [0.15, 0.2) is 5.82 Å². The summed E-state index contributed by atoms with van der Waals surface area (Å²) in [6.45, 7) is 6.16. The van der Waals surface area contributed by atoms with Gasteiger partial charge in [-0.1, -0.05) is 6.58 Å². The van der Waals surface area contributed by atoms with E-state index in [0.29, 0.717) is 23.7 Å². The second-order valence-corrected chi connectivity index (χ2v) is 2.19. The van der Waals surface area contributed by atoms with Gasteiger partial charge in [-0.2, -0.15) is 5.10 Å². The van der Waals surface area contributed by atoms with Crippen molar-refractivity contribution in [3.63, 3.8) is 0 Å². The predicted molar refractivity (Wildman–Crippen MR) is 47.1 cm³/mol. The molecule has 4 nitrogen and oxygen atoms in total. The third kappa shape index (κ3) is 1.72. The summed E-state index contributed by atoms with van der Waals surface area (Å²) in [6.07, 6.45) is 1.55. The standard InChI is InChI=1S/C8H11N3O/c1-3-12-6(2)7-4-5-10-11-8(7)9/h4-5H,2-3H2,1H3,(H2,9,11). The molecular weight excluding hydrogens is 154 g/mol. The zero-order chi connectivity index (χ0) is 8.97. The first-order chi connectivity index (χ1) is 5.75. The number of ether oxygens (including phenoxy) is 1. The highest BCUT2D eigenvalue weighted by Gasteiger charge is 2.03. The van der Waals surface area contributed by atoms with Gasteiger partial charge in [0, 0.05) is 0 Å². The lowest BCUT2D eigenvalue weighted by molar-refractivity contribution is 0.299. The molecule has 1 aromatic rings. The van der Waals surface area contributed by atoms with Crippen molar-refractivity contribution < 1.29 is 4.74 Å². The summed E-state index contributed by atoms with van der Waals surface area (Å²) < 4.78 is 5.17. The number of hydrogen-bond donors (Lipinski definition) is 1. The minimum atomic E-state index is 0.343. The van der Waals surface area contributed by atoms with E-state index < -0.39 is 0 Å². The van der Waals surface area contributed by atoms with E-state index in [9.17, 15) is 0 Å². The van der Waals surface area contributed by atoms with E-state index >= 15 is 0 Å². The molecule has 0 atom stereocenters. The van der Waals surface area contributed by atoms with E-state index in [1.165, 1.54) is 0 Å². The zero-order valence-corrected chi connectivity index (χ0v) is 6.95. The van der Waals surface area contributed by atoms with Crippen LogP contribution in [0.4, 0.5) is 5.82 Å². The Morgan fingerprint density at radius 3 is 3.08 bits per heavy atom. The maximum absolute atomic E-state index is 5.54. The summed E-state index contributed by atoms with van der Waals surface area (Å²) in [6, 6.07) is 1.72. The minimum absolute atomic E-state index is 0.343. The Balaban J connectivity index is 2.87. The van der Waals surface area contributed by atoms with Crippen molar-refractivity contribution in [3.8, 4) is 0 Å². The molecule has 0 bridgehead atoms. The van der Waals surface area contributed by atoms with Crippen molar-refractivity contribution in [2.45, 2.75) is 6.92 Å². The fourth-order valence-electron chi connectivity index (χ4n) is 0.830. The third-order valence-corrected chi connectivity index (χ3v) is 1.37. The molecule has 1 rings (SSSR count). The van der Waals surface area contributed by atoms with Crippen LogP contribution < -0.4 is 5.73 Å². The number of nitrogens with two attached hydrogens (primary N) is 1. The molecule has 12 heavy (non-hydrogen) atoms. The van der Waals surface area contributed by atoms with Gasteiger partial charge in [0.1, 0.15) is 5.76 Å². The Kier molecular flexibility index (Phi) is 2.63. The van der Waals surface area contributed by atoms with E-state index in [-0.39, 0.29) is 0 Å². The summed E-state index contributed by atoms with van der Waals surface area (Å²) in [4.78, 5) is 0. The van der Waals surface area contributed by atoms with Crippen molar-refractivity contribution in [1.29, 1.82) is 0 Å². The SMILES string of the molecule is C=C(OCC)c1ccnnc1N. The molecule has 0 aliphatic carbocycles. The first-order valence-electron chi connectivity index (χ1n) is 3.65. The van der Waals surface area contributed by atoms with Crippen LogP contribution >= 0.6 is 0 Å². The van der Waals surface area contributed by atoms with E-state index in [2.05, 4.69) is 16.8 Å². The molecule has 0 saturated carbocycles. The number of nitrogen functional groups attached to an aromatic ring is 1. The van der Waals surface area contributed by atoms with Crippen LogP contribution in [0.5, 0.6) is 0 Å². The molecule has 0 aromatic carbocycles. The van der Waals surface area contributed by atoms with Gasteiger partial charge in [-0.3, -0.25) is 0 Å². The average molecular weight is 165 g/mol. The van der Waals surface area contributed by atoms with Crippen LogP contribution in [0.1, 0.15) is 12.5 Å². The number of hydrogen-bond acceptors (Lipinski definition) is 4. The molecule has 0 aliphatic rings. The van der Waals surface area contributed by atoms with Gasteiger partial charge in [0.05, 0.1) is 18.4 Å². The molecule has 0 unspecified atom stereocenters. The van der Waals surface area contributed by atoms with Gasteiger partial charge < -0.3 is 10.5 Å². The van der Waals surface area contributed by atoms with Gasteiger partial charge in [0.25, 0.3) is 0 Å². The third-order valence-electron chi connectivity index (χ3n) is 1.37. The highest BCUT2D eigenvalue weighted by molar-refractivity contribution is 5.66. The first kappa shape index (κ1) is 8.52. The number of anilines is 1. The number of rotatable bonds is 3. The molecule has 4 heteroatoms. The Bertz CT molecular complexity index is 285. The fourth-order valence-corrected chi connectivity index (χ4v) is 0.830. The molecule has 2 N–H and O–H groups in total. The molecule has 0 saturated heterocycles. The maximum Gasteiger partial charge on any atom is 0.157 e. The van der Waals surface area contributed by atoms with E-state index in [1.807, 2.05) is 6.92 Å². The van der Waals surface area contributed by atoms with Crippen LogP contribution in [0.3, 0.4) is 0 Å². The first-order valence-corrected chi connectivity index (χ1v) is 3.65. The van der Waals surface area contributed by atoms with Crippen molar-refractivity contribution in [1.82, 2.24) is 10.2 Å². The van der Waals surface area contributed by atoms with Crippen LogP contribution in [0, 0.1) is 0 Å². The monoisotopic (exact) mass is 165 g/mol. The quantitative estimate of drug-likeness (QED) is 0.680. The Labute approximate surface area is 71.1 Å². The van der Waals surface area contributed by atoms with E-state index in [1.54, 1.807) is 12.3 Å². The summed E-state index contributed by atoms with van der Waals surface area (Å²) in [7, 11) is 0. The molecular formula is C8H11N3O. The van der Waals surface area contributed by atoms with Gasteiger partial charge in [0.2, 0.25) is 0 Å². The molecule has 0 amide bonds. The average Bonchev–Trinajstić information content (AvgIpc) is 2.05. The molecule has 64 valence electrons.